The average Bonchev–Trinajstić information content (AvgIpc) is 3.55. The number of hydrogen-bond donors (Lipinski definition) is 3. The molecule has 0 aromatic carbocycles. The molecule has 0 spiro atoms. The third-order valence-electron chi connectivity index (χ3n) is 8.72. The van der Waals surface area contributed by atoms with E-state index in [2.05, 4.69) is 20.4 Å². The Morgan fingerprint density at radius 1 is 1.12 bits per heavy atom. The number of alkyl halides is 3. The number of nitrogens with one attached hydrogen (secondary N) is 2. The van der Waals surface area contributed by atoms with Crippen molar-refractivity contribution < 1.29 is 41.0 Å². The van der Waals surface area contributed by atoms with Gasteiger partial charge in [-0.05, 0) is 83.1 Å². The van der Waals surface area contributed by atoms with Gasteiger partial charge in [0.1, 0.15) is 11.0 Å². The second-order valence-electron chi connectivity index (χ2n) is 12.5. The molecule has 5 rings (SSSR count). The van der Waals surface area contributed by atoms with Crippen LogP contribution in [0.3, 0.4) is 0 Å². The fourth-order valence-corrected chi connectivity index (χ4v) is 6.98. The maximum atomic E-state index is 13.1. The van der Waals surface area contributed by atoms with Crippen molar-refractivity contribution in [3.8, 4) is 11.7 Å². The van der Waals surface area contributed by atoms with Crippen LogP contribution >= 0.6 is 11.6 Å². The van der Waals surface area contributed by atoms with Crippen LogP contribution in [0.1, 0.15) is 69.2 Å². The van der Waals surface area contributed by atoms with E-state index < -0.39 is 44.2 Å². The van der Waals surface area contributed by atoms with Crippen LogP contribution in [-0.2, 0) is 10.0 Å². The molecule has 1 aliphatic heterocycles. The van der Waals surface area contributed by atoms with E-state index in [-0.39, 0.29) is 60.1 Å². The number of anilines is 1. The quantitative estimate of drug-likeness (QED) is 0.149. The fourth-order valence-electron chi connectivity index (χ4n) is 5.81. The van der Waals surface area contributed by atoms with E-state index >= 15 is 0 Å². The summed E-state index contributed by atoms with van der Waals surface area (Å²) in [5, 5.41) is 16.0. The van der Waals surface area contributed by atoms with Gasteiger partial charge in [0.05, 0.1) is 17.6 Å². The topological polar surface area (TPSA) is 169 Å². The molecule has 4 heterocycles. The number of pyridine rings is 2. The summed E-state index contributed by atoms with van der Waals surface area (Å²) in [6.07, 6.45) is -0.999. The number of rotatable bonds is 13. The normalized spacial score (nSPS) is 18.4. The van der Waals surface area contributed by atoms with Crippen LogP contribution in [0.25, 0.3) is 5.82 Å². The van der Waals surface area contributed by atoms with Crippen LogP contribution in [0, 0.1) is 5.41 Å². The lowest BCUT2D eigenvalue weighted by Gasteiger charge is -2.33. The number of nitrogens with zero attached hydrogens (tertiary/aromatic N) is 5. The average molecular weight is 714 g/mol. The van der Waals surface area contributed by atoms with E-state index in [1.54, 1.807) is 6.07 Å². The molecular weight excluding hydrogens is 679 g/mol. The lowest BCUT2D eigenvalue weighted by Crippen LogP contribution is -2.46. The Labute approximate surface area is 279 Å². The molecule has 18 heteroatoms. The molecule has 1 saturated carbocycles. The third kappa shape index (κ3) is 7.77. The van der Waals surface area contributed by atoms with E-state index in [0.717, 1.165) is 12.8 Å². The Morgan fingerprint density at radius 2 is 1.88 bits per heavy atom. The second-order valence-corrected chi connectivity index (χ2v) is 14.5. The number of amides is 2. The molecule has 0 bridgehead atoms. The highest BCUT2D eigenvalue weighted by atomic mass is 35.5. The van der Waals surface area contributed by atoms with E-state index in [0.29, 0.717) is 19.4 Å². The molecule has 3 aromatic rings. The van der Waals surface area contributed by atoms with Crippen LogP contribution in [-0.4, -0.2) is 81.1 Å². The van der Waals surface area contributed by atoms with Crippen LogP contribution in [0.2, 0.25) is 5.15 Å². The lowest BCUT2D eigenvalue weighted by atomic mass is 10.0. The molecule has 3 aromatic heterocycles. The molecular formula is C30H35ClF3N7O6S. The monoisotopic (exact) mass is 713 g/mol. The van der Waals surface area contributed by atoms with Crippen molar-refractivity contribution in [1.82, 2.24) is 29.4 Å². The SMILES string of the molecule is CC1(C)CCC(CCCNc2cccc(S(=O)(=O)NC(=O)c3ccc(-n4ccc(OCCC5(C(F)(F)F)CC5)n4)nc3Cl)n2)N1C(=O)O. The molecule has 1 unspecified atom stereocenters. The van der Waals surface area contributed by atoms with Gasteiger partial charge in [0.2, 0.25) is 5.88 Å². The van der Waals surface area contributed by atoms with Gasteiger partial charge in [-0.25, -0.2) is 24.2 Å². The zero-order valence-electron chi connectivity index (χ0n) is 26.1. The van der Waals surface area contributed by atoms with Crippen molar-refractivity contribution in [3.63, 3.8) is 0 Å². The Balaban J connectivity index is 1.14. The van der Waals surface area contributed by atoms with Crippen molar-refractivity contribution in [2.24, 2.45) is 5.41 Å². The molecule has 3 N–H and O–H groups in total. The second kappa shape index (κ2) is 13.4. The van der Waals surface area contributed by atoms with Gasteiger partial charge in [-0.3, -0.25) is 4.79 Å². The fraction of sp³-hybridized carbons (Fsp3) is 0.500. The number of carbonyl (C=O) groups excluding carboxylic acids is 1. The van der Waals surface area contributed by atoms with Crippen molar-refractivity contribution in [2.45, 2.75) is 81.6 Å². The highest BCUT2D eigenvalue weighted by Gasteiger charge is 2.62. The summed E-state index contributed by atoms with van der Waals surface area (Å²) in [4.78, 5) is 34.3. The zero-order valence-corrected chi connectivity index (χ0v) is 27.7. The number of sulfonamides is 1. The summed E-state index contributed by atoms with van der Waals surface area (Å²) >= 11 is 6.22. The molecule has 2 fully saturated rings. The van der Waals surface area contributed by atoms with Crippen LogP contribution in [0.5, 0.6) is 5.88 Å². The number of ether oxygens (including phenoxy) is 1. The largest absolute Gasteiger partial charge is 0.477 e. The summed E-state index contributed by atoms with van der Waals surface area (Å²) in [6, 6.07) is 8.20. The summed E-state index contributed by atoms with van der Waals surface area (Å²) in [5.41, 5.74) is -2.35. The first-order chi connectivity index (χ1) is 22.5. The van der Waals surface area contributed by atoms with Crippen LogP contribution < -0.4 is 14.8 Å². The minimum atomic E-state index is -4.42. The Morgan fingerprint density at radius 3 is 2.54 bits per heavy atom. The summed E-state index contributed by atoms with van der Waals surface area (Å²) < 4.78 is 74.0. The first kappa shape index (κ1) is 35.2. The number of likely N-dealkylation sites (tertiary alicyclic amines) is 1. The summed E-state index contributed by atoms with van der Waals surface area (Å²) in [5.74, 6) is -0.572. The van der Waals surface area contributed by atoms with Gasteiger partial charge >= 0.3 is 12.3 Å². The first-order valence-electron chi connectivity index (χ1n) is 15.2. The molecule has 0 radical (unpaired) electrons. The standard InChI is InChI=1S/C30H35ClF3N7O6S/c1-28(2)12-10-19(41(28)27(43)44)5-4-16-35-21-6-3-7-24(36-21)48(45,46)39-26(42)20-8-9-22(37-25(20)31)40-17-11-23(38-40)47-18-15-29(13-14-29)30(32,33)34/h3,6-9,11,17,19H,4-5,10,12-16,18H2,1-2H3,(H,35,36)(H,39,42)(H,43,44). The number of aromatic nitrogens is 4. The minimum absolute atomic E-state index is 0.0747. The summed E-state index contributed by atoms with van der Waals surface area (Å²) in [7, 11) is -4.42. The Bertz CT molecular complexity index is 1780. The predicted molar refractivity (Wildman–Crippen MR) is 168 cm³/mol. The number of carboxylic acid groups (broad SMARTS) is 1. The van der Waals surface area contributed by atoms with Gasteiger partial charge in [-0.2, -0.15) is 21.6 Å². The predicted octanol–water partition coefficient (Wildman–Crippen LogP) is 5.66. The van der Waals surface area contributed by atoms with E-state index in [1.807, 2.05) is 18.6 Å². The first-order valence-corrected chi connectivity index (χ1v) is 17.1. The molecule has 1 atom stereocenters. The molecule has 260 valence electrons. The molecule has 1 aliphatic carbocycles. The number of halogens is 4. The van der Waals surface area contributed by atoms with Crippen LogP contribution in [0.4, 0.5) is 23.8 Å². The molecule has 2 amide bonds. The van der Waals surface area contributed by atoms with Crippen molar-refractivity contribution in [3.05, 3.63) is 53.3 Å². The minimum Gasteiger partial charge on any atom is -0.477 e. The highest BCUT2D eigenvalue weighted by molar-refractivity contribution is 7.90. The number of hydrogen-bond acceptors (Lipinski definition) is 9. The molecule has 1 saturated heterocycles. The van der Waals surface area contributed by atoms with Crippen molar-refractivity contribution in [1.29, 1.82) is 0 Å². The van der Waals surface area contributed by atoms with Gasteiger partial charge in [0.25, 0.3) is 15.9 Å². The van der Waals surface area contributed by atoms with E-state index in [4.69, 9.17) is 16.3 Å². The maximum Gasteiger partial charge on any atom is 0.407 e. The Hall–Kier alpha value is -4.12. The molecule has 48 heavy (non-hydrogen) atoms. The number of carbonyl (C=O) groups is 2. The van der Waals surface area contributed by atoms with Gasteiger partial charge in [0, 0.05) is 30.4 Å². The van der Waals surface area contributed by atoms with E-state index in [1.165, 1.54) is 46.1 Å². The molecule has 13 nitrogen and oxygen atoms in total. The maximum absolute atomic E-state index is 13.1. The van der Waals surface area contributed by atoms with Gasteiger partial charge in [-0.1, -0.05) is 17.7 Å². The van der Waals surface area contributed by atoms with Gasteiger partial charge in [0.15, 0.2) is 10.8 Å². The van der Waals surface area contributed by atoms with E-state index in [9.17, 15) is 36.3 Å². The summed E-state index contributed by atoms with van der Waals surface area (Å²) in [6.45, 7) is 4.06. The smallest absolute Gasteiger partial charge is 0.407 e. The zero-order chi connectivity index (χ0) is 34.9. The molecule has 2 aliphatic rings. The van der Waals surface area contributed by atoms with Crippen LogP contribution in [0.15, 0.2) is 47.6 Å². The van der Waals surface area contributed by atoms with Gasteiger partial charge in [-0.15, -0.1) is 5.10 Å². The Kier molecular flexibility index (Phi) is 9.83. The van der Waals surface area contributed by atoms with Crippen molar-refractivity contribution in [2.75, 3.05) is 18.5 Å². The van der Waals surface area contributed by atoms with Crippen molar-refractivity contribution >= 4 is 39.4 Å². The van der Waals surface area contributed by atoms with Gasteiger partial charge < -0.3 is 20.1 Å². The lowest BCUT2D eigenvalue weighted by molar-refractivity contribution is -0.190. The third-order valence-corrected chi connectivity index (χ3v) is 10.2. The highest BCUT2D eigenvalue weighted by Crippen LogP contribution is 2.59.